The molecule has 0 atom stereocenters. The lowest BCUT2D eigenvalue weighted by Gasteiger charge is -2.22. The molecule has 104 valence electrons. The van der Waals surface area contributed by atoms with E-state index in [4.69, 9.17) is 10.5 Å². The molecular formula is C14H21N3O2. The van der Waals surface area contributed by atoms with E-state index in [0.717, 1.165) is 23.5 Å². The van der Waals surface area contributed by atoms with Crippen LogP contribution in [0.1, 0.15) is 19.4 Å². The second-order valence-electron chi connectivity index (χ2n) is 5.13. The smallest absolute Gasteiger partial charge is 0.228 e. The van der Waals surface area contributed by atoms with Crippen LogP contribution in [-0.2, 0) is 16.0 Å². The highest BCUT2D eigenvalue weighted by Gasteiger charge is 2.20. The minimum Gasteiger partial charge on any atom is -0.397 e. The van der Waals surface area contributed by atoms with Crippen molar-refractivity contribution in [3.63, 3.8) is 0 Å². The van der Waals surface area contributed by atoms with Crippen LogP contribution in [0.2, 0.25) is 0 Å². The van der Waals surface area contributed by atoms with Crippen LogP contribution in [0.5, 0.6) is 0 Å². The summed E-state index contributed by atoms with van der Waals surface area (Å²) in [7, 11) is 1.97. The van der Waals surface area contributed by atoms with Gasteiger partial charge < -0.3 is 20.7 Å². The number of hydrogen-bond donors (Lipinski definition) is 2. The highest BCUT2D eigenvalue weighted by atomic mass is 16.5. The molecule has 0 radical (unpaired) electrons. The first-order valence-electron chi connectivity index (χ1n) is 6.52. The number of likely N-dealkylation sites (N-methyl/N-ethyl adjacent to an activating group) is 1. The summed E-state index contributed by atoms with van der Waals surface area (Å²) >= 11 is 0. The lowest BCUT2D eigenvalue weighted by molar-refractivity contribution is -0.115. The van der Waals surface area contributed by atoms with Gasteiger partial charge in [-0.25, -0.2) is 0 Å². The predicted octanol–water partition coefficient (Wildman–Crippen LogP) is 1.62. The average molecular weight is 263 g/mol. The van der Waals surface area contributed by atoms with E-state index < -0.39 is 0 Å². The Bertz CT molecular complexity index is 486. The zero-order valence-corrected chi connectivity index (χ0v) is 11.7. The summed E-state index contributed by atoms with van der Waals surface area (Å²) in [6, 6.07) is 3.81. The van der Waals surface area contributed by atoms with Crippen molar-refractivity contribution in [1.29, 1.82) is 0 Å². The molecule has 0 saturated carbocycles. The number of nitrogens with one attached hydrogen (secondary N) is 1. The summed E-state index contributed by atoms with van der Waals surface area (Å²) in [6.07, 6.45) is 0.644. The summed E-state index contributed by atoms with van der Waals surface area (Å²) in [5.74, 6) is 0.0253. The molecule has 0 aromatic heterocycles. The molecule has 5 nitrogen and oxygen atoms in total. The minimum absolute atomic E-state index is 0.0253. The molecule has 0 fully saturated rings. The first kappa shape index (κ1) is 13.7. The van der Waals surface area contributed by atoms with E-state index in [0.29, 0.717) is 18.7 Å². The summed E-state index contributed by atoms with van der Waals surface area (Å²) < 4.78 is 5.53. The van der Waals surface area contributed by atoms with E-state index in [9.17, 15) is 4.79 Å². The number of rotatable bonds is 5. The first-order valence-corrected chi connectivity index (χ1v) is 6.52. The Morgan fingerprint density at radius 1 is 1.47 bits per heavy atom. The van der Waals surface area contributed by atoms with Crippen LogP contribution in [-0.4, -0.2) is 32.2 Å². The van der Waals surface area contributed by atoms with E-state index in [1.807, 2.05) is 37.9 Å². The van der Waals surface area contributed by atoms with Gasteiger partial charge in [0.2, 0.25) is 5.91 Å². The average Bonchev–Trinajstić information content (AvgIpc) is 2.66. The van der Waals surface area contributed by atoms with Gasteiger partial charge in [-0.15, -0.1) is 0 Å². The summed E-state index contributed by atoms with van der Waals surface area (Å²) in [4.78, 5) is 13.4. The van der Waals surface area contributed by atoms with E-state index in [-0.39, 0.29) is 12.0 Å². The topological polar surface area (TPSA) is 67.6 Å². The molecule has 0 spiro atoms. The number of hydrogen-bond acceptors (Lipinski definition) is 4. The number of amides is 1. The highest BCUT2D eigenvalue weighted by Crippen LogP contribution is 2.33. The number of anilines is 3. The summed E-state index contributed by atoms with van der Waals surface area (Å²) in [5.41, 5.74) is 9.51. The Balaban J connectivity index is 2.08. The third-order valence-electron chi connectivity index (χ3n) is 3.17. The largest absolute Gasteiger partial charge is 0.397 e. The van der Waals surface area contributed by atoms with E-state index >= 15 is 0 Å². The Morgan fingerprint density at radius 2 is 2.21 bits per heavy atom. The second-order valence-corrected chi connectivity index (χ2v) is 5.13. The zero-order valence-electron chi connectivity index (χ0n) is 11.7. The maximum Gasteiger partial charge on any atom is 0.228 e. The van der Waals surface area contributed by atoms with Crippen molar-refractivity contribution in [2.75, 3.05) is 36.1 Å². The lowest BCUT2D eigenvalue weighted by Crippen LogP contribution is -2.24. The molecule has 1 amide bonds. The van der Waals surface area contributed by atoms with Crippen molar-refractivity contribution in [3.8, 4) is 0 Å². The number of carbonyl (C=O) groups excluding carboxylic acids is 1. The van der Waals surface area contributed by atoms with Crippen molar-refractivity contribution >= 4 is 23.0 Å². The molecule has 0 saturated heterocycles. The molecule has 0 unspecified atom stereocenters. The number of nitrogen functional groups attached to an aromatic ring is 1. The van der Waals surface area contributed by atoms with Crippen LogP contribution < -0.4 is 16.0 Å². The predicted molar refractivity (Wildman–Crippen MR) is 77.5 cm³/mol. The number of nitrogens with zero attached hydrogens (tertiary/aromatic N) is 1. The number of ether oxygens (including phenoxy) is 1. The van der Waals surface area contributed by atoms with Crippen LogP contribution in [0.3, 0.4) is 0 Å². The molecule has 0 bridgehead atoms. The van der Waals surface area contributed by atoms with Crippen molar-refractivity contribution in [2.45, 2.75) is 26.4 Å². The standard InChI is InChI=1S/C14H21N3O2/c1-9(2)19-5-4-17(3)13-8-12-10(6-11(13)15)7-14(18)16-12/h6,8-9H,4-5,7,15H2,1-3H3,(H,16,18). The lowest BCUT2D eigenvalue weighted by atomic mass is 10.1. The molecule has 1 aliphatic rings. The van der Waals surface area contributed by atoms with E-state index in [1.165, 1.54) is 0 Å². The molecule has 1 aliphatic heterocycles. The molecule has 0 aliphatic carbocycles. The highest BCUT2D eigenvalue weighted by molar-refractivity contribution is 6.00. The zero-order chi connectivity index (χ0) is 14.0. The molecule has 1 aromatic rings. The molecule has 3 N–H and O–H groups in total. The van der Waals surface area contributed by atoms with Crippen LogP contribution in [0.25, 0.3) is 0 Å². The number of fused-ring (bicyclic) bond motifs is 1. The van der Waals surface area contributed by atoms with Crippen LogP contribution >= 0.6 is 0 Å². The summed E-state index contributed by atoms with van der Waals surface area (Å²) in [5, 5.41) is 2.84. The van der Waals surface area contributed by atoms with Gasteiger partial charge in [0.05, 0.1) is 30.5 Å². The monoisotopic (exact) mass is 263 g/mol. The number of benzene rings is 1. The number of carbonyl (C=O) groups is 1. The fourth-order valence-electron chi connectivity index (χ4n) is 2.16. The van der Waals surface area contributed by atoms with Crippen molar-refractivity contribution < 1.29 is 9.53 Å². The van der Waals surface area contributed by atoms with Gasteiger partial charge >= 0.3 is 0 Å². The third kappa shape index (κ3) is 3.17. The quantitative estimate of drug-likeness (QED) is 0.792. The van der Waals surface area contributed by atoms with Gasteiger partial charge in [-0.1, -0.05) is 0 Å². The Kier molecular flexibility index (Phi) is 3.95. The number of nitrogens with two attached hydrogens (primary N) is 1. The van der Waals surface area contributed by atoms with Gasteiger partial charge in [0.1, 0.15) is 0 Å². The molecule has 1 heterocycles. The molecule has 5 heteroatoms. The minimum atomic E-state index is 0.0253. The molecular weight excluding hydrogens is 242 g/mol. The fraction of sp³-hybridized carbons (Fsp3) is 0.500. The maximum absolute atomic E-state index is 11.4. The van der Waals surface area contributed by atoms with Crippen molar-refractivity contribution in [2.24, 2.45) is 0 Å². The van der Waals surface area contributed by atoms with Gasteiger partial charge in [-0.3, -0.25) is 4.79 Å². The Hall–Kier alpha value is -1.75. The van der Waals surface area contributed by atoms with Gasteiger partial charge in [0.15, 0.2) is 0 Å². The fourth-order valence-corrected chi connectivity index (χ4v) is 2.16. The molecule has 2 rings (SSSR count). The second kappa shape index (κ2) is 5.48. The Morgan fingerprint density at radius 3 is 2.89 bits per heavy atom. The molecule has 1 aromatic carbocycles. The normalized spacial score (nSPS) is 13.6. The van der Waals surface area contributed by atoms with Gasteiger partial charge in [-0.05, 0) is 31.5 Å². The van der Waals surface area contributed by atoms with Gasteiger partial charge in [-0.2, -0.15) is 0 Å². The SMILES string of the molecule is CC(C)OCCN(C)c1cc2c(cc1N)CC(=O)N2. The van der Waals surface area contributed by atoms with Crippen molar-refractivity contribution in [3.05, 3.63) is 17.7 Å². The maximum atomic E-state index is 11.4. The third-order valence-corrected chi connectivity index (χ3v) is 3.17. The van der Waals surface area contributed by atoms with E-state index in [2.05, 4.69) is 5.32 Å². The Labute approximate surface area is 113 Å². The van der Waals surface area contributed by atoms with Crippen LogP contribution in [0, 0.1) is 0 Å². The van der Waals surface area contributed by atoms with E-state index in [1.54, 1.807) is 0 Å². The van der Waals surface area contributed by atoms with Crippen LogP contribution in [0.15, 0.2) is 12.1 Å². The first-order chi connectivity index (χ1) is 8.97. The van der Waals surface area contributed by atoms with Gasteiger partial charge in [0, 0.05) is 19.3 Å². The van der Waals surface area contributed by atoms with Gasteiger partial charge in [0.25, 0.3) is 0 Å². The molecule has 19 heavy (non-hydrogen) atoms. The van der Waals surface area contributed by atoms with Crippen molar-refractivity contribution in [1.82, 2.24) is 0 Å². The van der Waals surface area contributed by atoms with Crippen LogP contribution in [0.4, 0.5) is 17.1 Å². The summed E-state index contributed by atoms with van der Waals surface area (Å²) in [6.45, 7) is 5.44.